The Bertz CT molecular complexity index is 581. The first-order valence-corrected chi connectivity index (χ1v) is 7.44. The fourth-order valence-electron chi connectivity index (χ4n) is 1.61. The molecule has 0 saturated carbocycles. The standard InChI is InChI=1S/C13H14BrCl2N3/c1-8(2)19-7-9(6-18-19)5-17-11-4-3-10(14)12(15)13(11)16/h3-4,6-8,17H,5H2,1-2H3. The summed E-state index contributed by atoms with van der Waals surface area (Å²) in [7, 11) is 0. The largest absolute Gasteiger partial charge is 0.380 e. The van der Waals surface area contributed by atoms with Crippen LogP contribution in [0.4, 0.5) is 5.69 Å². The van der Waals surface area contributed by atoms with Gasteiger partial charge < -0.3 is 5.32 Å². The van der Waals surface area contributed by atoms with E-state index in [-0.39, 0.29) is 0 Å². The van der Waals surface area contributed by atoms with Crippen molar-refractivity contribution in [3.8, 4) is 0 Å². The lowest BCUT2D eigenvalue weighted by Crippen LogP contribution is -2.01. The summed E-state index contributed by atoms with van der Waals surface area (Å²) < 4.78 is 2.71. The maximum absolute atomic E-state index is 6.18. The van der Waals surface area contributed by atoms with Crippen molar-refractivity contribution in [1.82, 2.24) is 9.78 Å². The molecule has 1 aromatic carbocycles. The first-order chi connectivity index (χ1) is 8.99. The van der Waals surface area contributed by atoms with E-state index in [0.717, 1.165) is 15.7 Å². The highest BCUT2D eigenvalue weighted by Gasteiger charge is 2.08. The predicted octanol–water partition coefficient (Wildman–Crippen LogP) is 5.15. The van der Waals surface area contributed by atoms with Crippen LogP contribution >= 0.6 is 39.1 Å². The van der Waals surface area contributed by atoms with E-state index < -0.39 is 0 Å². The van der Waals surface area contributed by atoms with Crippen molar-refractivity contribution < 1.29 is 0 Å². The smallest absolute Gasteiger partial charge is 0.0835 e. The minimum atomic E-state index is 0.361. The van der Waals surface area contributed by atoms with Crippen LogP contribution < -0.4 is 5.32 Å². The monoisotopic (exact) mass is 361 g/mol. The van der Waals surface area contributed by atoms with Gasteiger partial charge in [-0.1, -0.05) is 23.2 Å². The Morgan fingerprint density at radius 3 is 2.68 bits per heavy atom. The van der Waals surface area contributed by atoms with E-state index in [9.17, 15) is 0 Å². The molecule has 0 atom stereocenters. The van der Waals surface area contributed by atoms with Gasteiger partial charge in [-0.25, -0.2) is 0 Å². The Balaban J connectivity index is 2.08. The molecule has 0 radical (unpaired) electrons. The number of hydrogen-bond acceptors (Lipinski definition) is 2. The van der Waals surface area contributed by atoms with Crippen molar-refractivity contribution in [2.75, 3.05) is 5.32 Å². The number of nitrogens with one attached hydrogen (secondary N) is 1. The van der Waals surface area contributed by atoms with E-state index in [2.05, 4.69) is 40.2 Å². The molecule has 0 saturated heterocycles. The minimum absolute atomic E-state index is 0.361. The summed E-state index contributed by atoms with van der Waals surface area (Å²) in [5, 5.41) is 8.59. The predicted molar refractivity (Wildman–Crippen MR) is 84.1 cm³/mol. The zero-order valence-electron chi connectivity index (χ0n) is 10.6. The summed E-state index contributed by atoms with van der Waals surface area (Å²) >= 11 is 15.6. The Morgan fingerprint density at radius 2 is 2.05 bits per heavy atom. The summed E-state index contributed by atoms with van der Waals surface area (Å²) in [4.78, 5) is 0. The number of hydrogen-bond donors (Lipinski definition) is 1. The molecular formula is C13H14BrCl2N3. The zero-order valence-corrected chi connectivity index (χ0v) is 13.7. The molecule has 0 fully saturated rings. The molecule has 2 aromatic rings. The molecule has 0 unspecified atom stereocenters. The second-order valence-corrected chi connectivity index (χ2v) is 6.11. The van der Waals surface area contributed by atoms with Gasteiger partial charge in [-0.2, -0.15) is 5.10 Å². The number of benzene rings is 1. The molecule has 0 spiro atoms. The van der Waals surface area contributed by atoms with Gasteiger partial charge in [-0.15, -0.1) is 0 Å². The molecule has 19 heavy (non-hydrogen) atoms. The topological polar surface area (TPSA) is 29.9 Å². The molecule has 1 aromatic heterocycles. The lowest BCUT2D eigenvalue weighted by Gasteiger charge is -2.09. The van der Waals surface area contributed by atoms with E-state index in [1.54, 1.807) is 0 Å². The van der Waals surface area contributed by atoms with E-state index in [0.29, 0.717) is 22.6 Å². The molecule has 102 valence electrons. The molecule has 2 rings (SSSR count). The lowest BCUT2D eigenvalue weighted by atomic mass is 10.3. The lowest BCUT2D eigenvalue weighted by molar-refractivity contribution is 0.532. The average molecular weight is 363 g/mol. The minimum Gasteiger partial charge on any atom is -0.380 e. The summed E-state index contributed by atoms with van der Waals surface area (Å²) in [6, 6.07) is 4.12. The van der Waals surface area contributed by atoms with E-state index >= 15 is 0 Å². The third-order valence-corrected chi connectivity index (χ3v) is 4.47. The fraction of sp³-hybridized carbons (Fsp3) is 0.308. The molecule has 0 bridgehead atoms. The maximum atomic E-state index is 6.18. The Morgan fingerprint density at radius 1 is 1.32 bits per heavy atom. The van der Waals surface area contributed by atoms with Crippen molar-refractivity contribution in [3.05, 3.63) is 44.6 Å². The maximum Gasteiger partial charge on any atom is 0.0835 e. The third kappa shape index (κ3) is 3.44. The zero-order chi connectivity index (χ0) is 14.0. The Labute approximate surface area is 131 Å². The summed E-state index contributed by atoms with van der Waals surface area (Å²) in [5.41, 5.74) is 1.91. The molecule has 0 aliphatic carbocycles. The number of anilines is 1. The van der Waals surface area contributed by atoms with E-state index in [1.165, 1.54) is 0 Å². The quantitative estimate of drug-likeness (QED) is 0.762. The van der Waals surface area contributed by atoms with Crippen molar-refractivity contribution >= 4 is 44.8 Å². The second kappa shape index (κ2) is 6.16. The van der Waals surface area contributed by atoms with Gasteiger partial charge in [0.25, 0.3) is 0 Å². The highest BCUT2D eigenvalue weighted by molar-refractivity contribution is 9.10. The van der Waals surface area contributed by atoms with Crippen LogP contribution in [-0.2, 0) is 6.54 Å². The van der Waals surface area contributed by atoms with Crippen LogP contribution in [0.2, 0.25) is 10.0 Å². The molecule has 0 aliphatic heterocycles. The van der Waals surface area contributed by atoms with Crippen molar-refractivity contribution in [3.63, 3.8) is 0 Å². The van der Waals surface area contributed by atoms with Crippen LogP contribution in [0.5, 0.6) is 0 Å². The van der Waals surface area contributed by atoms with Gasteiger partial charge in [0.15, 0.2) is 0 Å². The second-order valence-electron chi connectivity index (χ2n) is 4.50. The number of nitrogens with zero attached hydrogens (tertiary/aromatic N) is 2. The van der Waals surface area contributed by atoms with Gasteiger partial charge in [0.2, 0.25) is 0 Å². The van der Waals surface area contributed by atoms with Crippen LogP contribution in [0.3, 0.4) is 0 Å². The average Bonchev–Trinajstić information content (AvgIpc) is 2.84. The van der Waals surface area contributed by atoms with Crippen LogP contribution in [0.15, 0.2) is 29.0 Å². The Kier molecular flexibility index (Phi) is 4.76. The molecule has 0 amide bonds. The SMILES string of the molecule is CC(C)n1cc(CNc2ccc(Br)c(Cl)c2Cl)cn1. The fourth-order valence-corrected chi connectivity index (χ4v) is 2.45. The molecular weight excluding hydrogens is 349 g/mol. The highest BCUT2D eigenvalue weighted by Crippen LogP contribution is 2.35. The molecule has 3 nitrogen and oxygen atoms in total. The first-order valence-electron chi connectivity index (χ1n) is 5.89. The van der Waals surface area contributed by atoms with Crippen molar-refractivity contribution in [2.24, 2.45) is 0 Å². The molecule has 6 heteroatoms. The third-order valence-electron chi connectivity index (χ3n) is 2.70. The number of rotatable bonds is 4. The Hall–Kier alpha value is -0.710. The van der Waals surface area contributed by atoms with Crippen LogP contribution in [-0.4, -0.2) is 9.78 Å². The van der Waals surface area contributed by atoms with Crippen LogP contribution in [0.1, 0.15) is 25.5 Å². The van der Waals surface area contributed by atoms with E-state index in [1.807, 2.05) is 29.2 Å². The number of aromatic nitrogens is 2. The first kappa shape index (κ1) is 14.7. The van der Waals surface area contributed by atoms with Crippen molar-refractivity contribution in [2.45, 2.75) is 26.4 Å². The van der Waals surface area contributed by atoms with E-state index in [4.69, 9.17) is 23.2 Å². The molecule has 0 aliphatic rings. The summed E-state index contributed by atoms with van der Waals surface area (Å²) in [5.74, 6) is 0. The van der Waals surface area contributed by atoms with Crippen LogP contribution in [0.25, 0.3) is 0 Å². The van der Waals surface area contributed by atoms with Gasteiger partial charge in [0.05, 0.1) is 21.9 Å². The number of halogens is 3. The normalized spacial score (nSPS) is 11.1. The van der Waals surface area contributed by atoms with Crippen molar-refractivity contribution in [1.29, 1.82) is 0 Å². The highest BCUT2D eigenvalue weighted by atomic mass is 79.9. The van der Waals surface area contributed by atoms with Gasteiger partial charge in [0, 0.05) is 28.8 Å². The van der Waals surface area contributed by atoms with Crippen LogP contribution in [0, 0.1) is 0 Å². The molecule has 1 heterocycles. The van der Waals surface area contributed by atoms with Gasteiger partial charge in [0.1, 0.15) is 0 Å². The summed E-state index contributed by atoms with van der Waals surface area (Å²) in [6.45, 7) is 4.84. The van der Waals surface area contributed by atoms with Gasteiger partial charge >= 0.3 is 0 Å². The van der Waals surface area contributed by atoms with Gasteiger partial charge in [-0.3, -0.25) is 4.68 Å². The summed E-state index contributed by atoms with van der Waals surface area (Å²) in [6.07, 6.45) is 3.87. The molecule has 1 N–H and O–H groups in total. The van der Waals surface area contributed by atoms with Gasteiger partial charge in [-0.05, 0) is 41.9 Å².